The molecule has 5 nitrogen and oxygen atoms in total. The number of hydrogen-bond acceptors (Lipinski definition) is 4. The van der Waals surface area contributed by atoms with E-state index >= 15 is 0 Å². The van der Waals surface area contributed by atoms with Gasteiger partial charge in [0.2, 0.25) is 0 Å². The summed E-state index contributed by atoms with van der Waals surface area (Å²) in [7, 11) is -3.64. The number of nitrogens with two attached hydrogens (primary N) is 1. The number of rotatable bonds is 2. The van der Waals surface area contributed by atoms with E-state index in [1.54, 1.807) is 18.2 Å². The predicted molar refractivity (Wildman–Crippen MR) is 82.2 cm³/mol. The molecule has 2 N–H and O–H groups in total. The highest BCUT2D eigenvalue weighted by Crippen LogP contribution is 2.40. The van der Waals surface area contributed by atoms with Crippen LogP contribution in [0, 0.1) is 11.8 Å². The van der Waals surface area contributed by atoms with Crippen LogP contribution in [0.1, 0.15) is 31.9 Å². The molecule has 0 spiro atoms. The molecule has 0 bridgehead atoms. The number of benzene rings is 1. The van der Waals surface area contributed by atoms with E-state index in [1.165, 1.54) is 13.8 Å². The van der Waals surface area contributed by atoms with Crippen LogP contribution in [0.25, 0.3) is 0 Å². The van der Waals surface area contributed by atoms with E-state index in [-0.39, 0.29) is 6.54 Å². The molecule has 1 heterocycles. The van der Waals surface area contributed by atoms with Gasteiger partial charge >= 0.3 is 0 Å². The van der Waals surface area contributed by atoms with Crippen molar-refractivity contribution in [2.75, 3.05) is 10.8 Å². The summed E-state index contributed by atoms with van der Waals surface area (Å²) in [5.41, 5.74) is 7.28. The fourth-order valence-electron chi connectivity index (χ4n) is 2.19. The van der Waals surface area contributed by atoms with Crippen LogP contribution in [-0.4, -0.2) is 25.6 Å². The summed E-state index contributed by atoms with van der Waals surface area (Å²) in [6.45, 7) is 5.01. The molecule has 1 fully saturated rings. The first-order valence-corrected chi connectivity index (χ1v) is 8.12. The SMILES string of the molecule is CCc1cc(C#CCN)ccc1N1C(=O)C(C)(C)S1(=O)=O. The molecule has 0 aromatic heterocycles. The third-order valence-electron chi connectivity index (χ3n) is 3.60. The minimum absolute atomic E-state index is 0.260. The first-order valence-electron chi connectivity index (χ1n) is 6.68. The molecule has 1 aromatic rings. The van der Waals surface area contributed by atoms with Crippen LogP contribution in [-0.2, 0) is 21.2 Å². The molecule has 0 unspecified atom stereocenters. The van der Waals surface area contributed by atoms with E-state index in [2.05, 4.69) is 11.8 Å². The van der Waals surface area contributed by atoms with E-state index in [9.17, 15) is 13.2 Å². The highest BCUT2D eigenvalue weighted by atomic mass is 32.2. The Morgan fingerprint density at radius 1 is 1.33 bits per heavy atom. The van der Waals surface area contributed by atoms with Crippen LogP contribution < -0.4 is 10.0 Å². The van der Waals surface area contributed by atoms with Gasteiger partial charge in [-0.2, -0.15) is 0 Å². The van der Waals surface area contributed by atoms with E-state index in [0.29, 0.717) is 12.1 Å². The average molecular weight is 306 g/mol. The van der Waals surface area contributed by atoms with Gasteiger partial charge in [-0.25, -0.2) is 12.7 Å². The average Bonchev–Trinajstić information content (AvgIpc) is 2.45. The highest BCUT2D eigenvalue weighted by molar-refractivity contribution is 7.98. The summed E-state index contributed by atoms with van der Waals surface area (Å²) in [5.74, 6) is 5.25. The molecule has 1 aliphatic rings. The normalized spacial score (nSPS) is 18.7. The van der Waals surface area contributed by atoms with Crippen LogP contribution >= 0.6 is 0 Å². The zero-order valence-electron chi connectivity index (χ0n) is 12.3. The molecule has 0 radical (unpaired) electrons. The summed E-state index contributed by atoms with van der Waals surface area (Å²) in [6, 6.07) is 5.13. The van der Waals surface area contributed by atoms with Crippen LogP contribution in [0.2, 0.25) is 0 Å². The van der Waals surface area contributed by atoms with Crippen LogP contribution in [0.5, 0.6) is 0 Å². The molecule has 1 aromatic carbocycles. The quantitative estimate of drug-likeness (QED) is 0.827. The van der Waals surface area contributed by atoms with Gasteiger partial charge < -0.3 is 5.73 Å². The fourth-order valence-corrected chi connectivity index (χ4v) is 3.71. The molecular formula is C15H18N2O3S. The van der Waals surface area contributed by atoms with E-state index in [4.69, 9.17) is 5.73 Å². The molecule has 1 amide bonds. The Morgan fingerprint density at radius 2 is 2.00 bits per heavy atom. The van der Waals surface area contributed by atoms with Gasteiger partial charge in [0, 0.05) is 5.56 Å². The van der Waals surface area contributed by atoms with Crippen molar-refractivity contribution < 1.29 is 13.2 Å². The second-order valence-electron chi connectivity index (χ2n) is 5.29. The number of carbonyl (C=O) groups is 1. The van der Waals surface area contributed by atoms with Crippen molar-refractivity contribution in [3.63, 3.8) is 0 Å². The lowest BCUT2D eigenvalue weighted by atomic mass is 10.1. The van der Waals surface area contributed by atoms with Gasteiger partial charge in [0.1, 0.15) is 0 Å². The Bertz CT molecular complexity index is 755. The first kappa shape index (κ1) is 15.5. The topological polar surface area (TPSA) is 80.5 Å². The molecule has 1 saturated heterocycles. The van der Waals surface area contributed by atoms with Crippen molar-refractivity contribution in [2.24, 2.45) is 5.73 Å². The molecule has 21 heavy (non-hydrogen) atoms. The smallest absolute Gasteiger partial charge is 0.263 e. The monoisotopic (exact) mass is 306 g/mol. The van der Waals surface area contributed by atoms with Crippen LogP contribution in [0.15, 0.2) is 18.2 Å². The Morgan fingerprint density at radius 3 is 2.52 bits per heavy atom. The van der Waals surface area contributed by atoms with Crippen molar-refractivity contribution in [1.82, 2.24) is 0 Å². The number of carbonyl (C=O) groups excluding carboxylic acids is 1. The van der Waals surface area contributed by atoms with Crippen molar-refractivity contribution in [3.8, 4) is 11.8 Å². The minimum Gasteiger partial charge on any atom is -0.320 e. The highest BCUT2D eigenvalue weighted by Gasteiger charge is 2.61. The third kappa shape index (κ3) is 2.23. The van der Waals surface area contributed by atoms with E-state index in [0.717, 1.165) is 15.4 Å². The van der Waals surface area contributed by atoms with Gasteiger partial charge in [-0.1, -0.05) is 18.8 Å². The Balaban J connectivity index is 2.49. The molecule has 112 valence electrons. The molecule has 0 atom stereocenters. The predicted octanol–water partition coefficient (Wildman–Crippen LogP) is 1.01. The summed E-state index contributed by atoms with van der Waals surface area (Å²) in [5, 5.41) is 0. The fraction of sp³-hybridized carbons (Fsp3) is 0.400. The lowest BCUT2D eigenvalue weighted by molar-refractivity contribution is -0.120. The number of hydrogen-bond donors (Lipinski definition) is 1. The number of anilines is 1. The standard InChI is InChI=1S/C15H18N2O3S/c1-4-12-10-11(6-5-9-16)7-8-13(12)17-14(18)15(2,3)21(17,19)20/h7-8,10H,4,9,16H2,1-3H3. The van der Waals surface area contributed by atoms with Crippen molar-refractivity contribution >= 4 is 21.6 Å². The maximum Gasteiger partial charge on any atom is 0.263 e. The van der Waals surface area contributed by atoms with Gasteiger partial charge in [-0.05, 0) is 44.0 Å². The second-order valence-corrected chi connectivity index (χ2v) is 7.62. The van der Waals surface area contributed by atoms with Crippen molar-refractivity contribution in [3.05, 3.63) is 29.3 Å². The zero-order valence-corrected chi connectivity index (χ0v) is 13.1. The Labute approximate surface area is 125 Å². The summed E-state index contributed by atoms with van der Waals surface area (Å²) >= 11 is 0. The molecule has 6 heteroatoms. The van der Waals surface area contributed by atoms with E-state index < -0.39 is 20.7 Å². The van der Waals surface area contributed by atoms with Crippen LogP contribution in [0.3, 0.4) is 0 Å². The summed E-state index contributed by atoms with van der Waals surface area (Å²) in [6.07, 6.45) is 0.604. The number of amides is 1. The van der Waals surface area contributed by atoms with Crippen LogP contribution in [0.4, 0.5) is 5.69 Å². The zero-order chi connectivity index (χ0) is 15.8. The molecule has 2 rings (SSSR count). The molecule has 1 aliphatic heterocycles. The number of nitrogens with zero attached hydrogens (tertiary/aromatic N) is 1. The summed E-state index contributed by atoms with van der Waals surface area (Å²) < 4.78 is 24.1. The lowest BCUT2D eigenvalue weighted by Crippen LogP contribution is -2.67. The largest absolute Gasteiger partial charge is 0.320 e. The van der Waals surface area contributed by atoms with Gasteiger partial charge in [0.15, 0.2) is 4.75 Å². The molecular weight excluding hydrogens is 288 g/mol. The third-order valence-corrected chi connectivity index (χ3v) is 5.91. The maximum absolute atomic E-state index is 12.3. The first-order chi connectivity index (χ1) is 9.77. The van der Waals surface area contributed by atoms with E-state index in [1.807, 2.05) is 6.92 Å². The maximum atomic E-state index is 12.3. The Hall–Kier alpha value is -1.84. The van der Waals surface area contributed by atoms with Gasteiger partial charge in [-0.3, -0.25) is 4.79 Å². The van der Waals surface area contributed by atoms with Gasteiger partial charge in [0.05, 0.1) is 12.2 Å². The lowest BCUT2D eigenvalue weighted by Gasteiger charge is -2.43. The second kappa shape index (κ2) is 5.17. The van der Waals surface area contributed by atoms with Crippen molar-refractivity contribution in [2.45, 2.75) is 31.9 Å². The molecule has 0 aliphatic carbocycles. The molecule has 0 saturated carbocycles. The number of sulfonamides is 1. The van der Waals surface area contributed by atoms with Crippen molar-refractivity contribution in [1.29, 1.82) is 0 Å². The minimum atomic E-state index is -3.64. The Kier molecular flexibility index (Phi) is 3.83. The number of aryl methyl sites for hydroxylation is 1. The van der Waals surface area contributed by atoms with Gasteiger partial charge in [-0.15, -0.1) is 0 Å². The summed E-state index contributed by atoms with van der Waals surface area (Å²) in [4.78, 5) is 12.1. The van der Waals surface area contributed by atoms with Gasteiger partial charge in [0.25, 0.3) is 15.9 Å².